The van der Waals surface area contributed by atoms with Gasteiger partial charge in [-0.15, -0.1) is 0 Å². The van der Waals surface area contributed by atoms with Crippen LogP contribution >= 0.6 is 0 Å². The van der Waals surface area contributed by atoms with E-state index in [4.69, 9.17) is 9.47 Å². The van der Waals surface area contributed by atoms with E-state index >= 15 is 0 Å². The zero-order valence-electron chi connectivity index (χ0n) is 17.9. The van der Waals surface area contributed by atoms with Gasteiger partial charge in [0, 0.05) is 0 Å². The Labute approximate surface area is 220 Å². The molecular formula is C22H32O2Se6. The predicted molar refractivity (Wildman–Crippen MR) is 133 cm³/mol. The Morgan fingerprint density at radius 3 is 1.53 bits per heavy atom. The maximum absolute atomic E-state index is 6.03. The van der Waals surface area contributed by atoms with E-state index in [1.165, 1.54) is 64.2 Å². The summed E-state index contributed by atoms with van der Waals surface area (Å²) in [6.45, 7) is 2.01. The first-order valence-corrected chi connectivity index (χ1v) is 23.0. The second-order valence-electron chi connectivity index (χ2n) is 7.87. The third-order valence-electron chi connectivity index (χ3n) is 5.73. The molecule has 4 rings (SSSR count). The normalized spacial score (nSPS) is 30.6. The second kappa shape index (κ2) is 13.4. The molecule has 0 aromatic rings. The van der Waals surface area contributed by atoms with E-state index in [0.717, 1.165) is 43.1 Å². The molecule has 8 heteroatoms. The number of allylic oxidation sites excluding steroid dienone is 2. The molecule has 0 aliphatic carbocycles. The van der Waals surface area contributed by atoms with Crippen molar-refractivity contribution in [2.75, 3.05) is 13.2 Å². The molecule has 4 heterocycles. The van der Waals surface area contributed by atoms with Crippen LogP contribution in [-0.4, -0.2) is 115 Å². The molecule has 0 aromatic heterocycles. The van der Waals surface area contributed by atoms with Crippen LogP contribution in [0.2, 0.25) is 11.6 Å². The van der Waals surface area contributed by atoms with Crippen LogP contribution in [0.3, 0.4) is 0 Å². The van der Waals surface area contributed by atoms with Crippen LogP contribution in [0.1, 0.15) is 64.2 Å². The molecule has 4 aliphatic rings. The van der Waals surface area contributed by atoms with Gasteiger partial charge in [0.05, 0.1) is 0 Å². The number of hydrogen-bond acceptors (Lipinski definition) is 2. The average Bonchev–Trinajstić information content (AvgIpc) is 3.41. The topological polar surface area (TPSA) is 18.5 Å². The van der Waals surface area contributed by atoms with Gasteiger partial charge < -0.3 is 0 Å². The van der Waals surface area contributed by atoms with Crippen molar-refractivity contribution in [3.63, 3.8) is 0 Å². The minimum absolute atomic E-state index is 0.557. The van der Waals surface area contributed by atoms with Gasteiger partial charge in [-0.25, -0.2) is 0 Å². The SMILES string of the molecule is C[Se]C1=C(CCC2CCCCO2)[Se]/C(=C2\[Se]C(CCC3CCCCO3)=C([Se]C)[Se]2)[Se]1. The molecule has 4 aliphatic heterocycles. The molecule has 0 saturated carbocycles. The summed E-state index contributed by atoms with van der Waals surface area (Å²) in [6, 6.07) is 0. The summed E-state index contributed by atoms with van der Waals surface area (Å²) in [6.07, 6.45) is 14.3. The van der Waals surface area contributed by atoms with Gasteiger partial charge in [-0.1, -0.05) is 0 Å². The van der Waals surface area contributed by atoms with E-state index in [1.807, 2.05) is 22.4 Å². The van der Waals surface area contributed by atoms with Crippen LogP contribution in [0.15, 0.2) is 22.4 Å². The summed E-state index contributed by atoms with van der Waals surface area (Å²) in [5, 5.41) is 0. The molecule has 2 atom stereocenters. The number of hydrogen-bond donors (Lipinski definition) is 0. The van der Waals surface area contributed by atoms with Crippen molar-refractivity contribution >= 4 is 89.7 Å². The zero-order chi connectivity index (χ0) is 20.8. The first-order chi connectivity index (χ1) is 14.8. The molecule has 2 unspecified atom stereocenters. The van der Waals surface area contributed by atoms with Gasteiger partial charge in [0.1, 0.15) is 0 Å². The molecular weight excluding hydrogens is 770 g/mol. The van der Waals surface area contributed by atoms with Gasteiger partial charge in [-0.3, -0.25) is 0 Å². The van der Waals surface area contributed by atoms with Gasteiger partial charge in [-0.2, -0.15) is 0 Å². The van der Waals surface area contributed by atoms with Gasteiger partial charge in [-0.05, 0) is 0 Å². The van der Waals surface area contributed by atoms with Crippen LogP contribution in [0.5, 0.6) is 0 Å². The van der Waals surface area contributed by atoms with Gasteiger partial charge in [0.25, 0.3) is 0 Å². The van der Waals surface area contributed by atoms with Gasteiger partial charge >= 0.3 is 223 Å². The summed E-state index contributed by atoms with van der Waals surface area (Å²) in [5.41, 5.74) is 0. The first-order valence-electron chi connectivity index (χ1n) is 11.0. The molecule has 0 N–H and O–H groups in total. The predicted octanol–water partition coefficient (Wildman–Crippen LogP) is 3.50. The Morgan fingerprint density at radius 1 is 0.700 bits per heavy atom. The Kier molecular flexibility index (Phi) is 11.3. The fourth-order valence-corrected chi connectivity index (χ4v) is 30.0. The maximum atomic E-state index is 6.03. The fourth-order valence-electron chi connectivity index (χ4n) is 4.07. The molecule has 2 saturated heterocycles. The van der Waals surface area contributed by atoms with Crippen molar-refractivity contribution in [3.8, 4) is 0 Å². The summed E-state index contributed by atoms with van der Waals surface area (Å²) in [5.74, 6) is 4.93. The Morgan fingerprint density at radius 2 is 1.17 bits per heavy atom. The molecule has 0 bridgehead atoms. The number of ether oxygens (including phenoxy) is 2. The van der Waals surface area contributed by atoms with Crippen molar-refractivity contribution < 1.29 is 9.47 Å². The molecule has 30 heavy (non-hydrogen) atoms. The molecule has 2 nitrogen and oxygen atoms in total. The Bertz CT molecular complexity index is 632. The molecule has 0 radical (unpaired) electrons. The van der Waals surface area contributed by atoms with E-state index < -0.39 is 0 Å². The van der Waals surface area contributed by atoms with Crippen LogP contribution in [-0.2, 0) is 9.47 Å². The minimum atomic E-state index is 0.557. The van der Waals surface area contributed by atoms with E-state index in [1.54, 1.807) is 0 Å². The van der Waals surface area contributed by atoms with E-state index in [9.17, 15) is 0 Å². The van der Waals surface area contributed by atoms with Crippen LogP contribution in [0.25, 0.3) is 0 Å². The van der Waals surface area contributed by atoms with Crippen molar-refractivity contribution in [2.45, 2.75) is 88.1 Å². The standard InChI is InChI=1S/C22H32O2Se6/c1-25-19-17(11-9-15-7-3-5-13-23-15)27-21(29-19)22-28-18(20(26-2)30-22)12-10-16-8-4-6-14-24-16/h15-16H,3-14H2,1-2H3/b22-21-. The van der Waals surface area contributed by atoms with E-state index in [2.05, 4.69) is 11.6 Å². The summed E-state index contributed by atoms with van der Waals surface area (Å²) >= 11 is 4.24. The quantitative estimate of drug-likeness (QED) is 0.351. The van der Waals surface area contributed by atoms with Crippen molar-refractivity contribution in [2.24, 2.45) is 0 Å². The Balaban J connectivity index is 1.33. The fraction of sp³-hybridized carbons (Fsp3) is 0.727. The molecule has 168 valence electrons. The molecule has 0 amide bonds. The number of rotatable bonds is 8. The van der Waals surface area contributed by atoms with Gasteiger partial charge in [0.2, 0.25) is 0 Å². The zero-order valence-corrected chi connectivity index (χ0v) is 28.2. The average molecular weight is 802 g/mol. The van der Waals surface area contributed by atoms with E-state index in [-0.39, 0.29) is 0 Å². The van der Waals surface area contributed by atoms with Crippen molar-refractivity contribution in [1.29, 1.82) is 0 Å². The third kappa shape index (κ3) is 7.13. The van der Waals surface area contributed by atoms with Crippen LogP contribution < -0.4 is 0 Å². The molecule has 2 fully saturated rings. The van der Waals surface area contributed by atoms with Crippen LogP contribution in [0, 0.1) is 0 Å². The molecule has 0 aromatic carbocycles. The third-order valence-corrected chi connectivity index (χ3v) is 30.5. The summed E-state index contributed by atoms with van der Waals surface area (Å²) in [4.78, 5) is 0. The first kappa shape index (κ1) is 25.4. The van der Waals surface area contributed by atoms with Gasteiger partial charge in [0.15, 0.2) is 0 Å². The summed E-state index contributed by atoms with van der Waals surface area (Å²) in [7, 11) is 0. The van der Waals surface area contributed by atoms with Crippen molar-refractivity contribution in [1.82, 2.24) is 0 Å². The van der Waals surface area contributed by atoms with E-state index in [0.29, 0.717) is 72.0 Å². The molecule has 0 spiro atoms. The van der Waals surface area contributed by atoms with Crippen molar-refractivity contribution in [3.05, 3.63) is 22.4 Å². The second-order valence-corrected chi connectivity index (χ2v) is 25.5. The summed E-state index contributed by atoms with van der Waals surface area (Å²) < 4.78 is 23.7. The Hall–Kier alpha value is 2.26. The van der Waals surface area contributed by atoms with Crippen LogP contribution in [0.4, 0.5) is 0 Å². The monoisotopic (exact) mass is 808 g/mol.